The molecule has 0 aliphatic carbocycles. The third kappa shape index (κ3) is 2.83. The molecule has 1 aliphatic rings. The van der Waals surface area contributed by atoms with Crippen molar-refractivity contribution in [3.05, 3.63) is 47.0 Å². The van der Waals surface area contributed by atoms with Gasteiger partial charge in [0.25, 0.3) is 10.1 Å². The molecule has 1 unspecified atom stereocenters. The maximum atomic E-state index is 12.1. The first kappa shape index (κ1) is 17.3. The fourth-order valence-electron chi connectivity index (χ4n) is 3.32. The van der Waals surface area contributed by atoms with Crippen LogP contribution >= 0.6 is 11.8 Å². The van der Waals surface area contributed by atoms with E-state index in [1.165, 1.54) is 0 Å². The highest BCUT2D eigenvalue weighted by molar-refractivity contribution is 7.99. The lowest BCUT2D eigenvalue weighted by atomic mass is 10.1. The second kappa shape index (κ2) is 6.10. The Labute approximate surface area is 147 Å². The summed E-state index contributed by atoms with van der Waals surface area (Å²) in [5.74, 6) is 0. The monoisotopic (exact) mass is 363 g/mol. The highest BCUT2D eigenvalue weighted by Crippen LogP contribution is 2.52. The number of aryl methyl sites for hydroxylation is 3. The number of hydrogen-bond donors (Lipinski definition) is 1. The summed E-state index contributed by atoms with van der Waals surface area (Å²) >= 11 is 1.66. The number of nitrogens with zero attached hydrogens (tertiary/aromatic N) is 1. The zero-order valence-corrected chi connectivity index (χ0v) is 15.8. The van der Waals surface area contributed by atoms with Gasteiger partial charge in [-0.2, -0.15) is 8.42 Å². The molecular formula is C18H21NO3S2. The van der Waals surface area contributed by atoms with Gasteiger partial charge < -0.3 is 4.90 Å². The molecule has 128 valence electrons. The molecule has 4 nitrogen and oxygen atoms in total. The first-order valence-corrected chi connectivity index (χ1v) is 10.2. The molecule has 2 aromatic carbocycles. The molecule has 0 saturated carbocycles. The number of benzene rings is 2. The largest absolute Gasteiger partial charge is 0.319 e. The number of rotatable bonds is 3. The fraction of sp³-hybridized carbons (Fsp3) is 0.333. The molecule has 1 heterocycles. The number of fused-ring (bicyclic) bond motifs is 2. The zero-order valence-electron chi connectivity index (χ0n) is 14.2. The van der Waals surface area contributed by atoms with Crippen molar-refractivity contribution in [3.8, 4) is 0 Å². The Kier molecular flexibility index (Phi) is 4.40. The second-order valence-electron chi connectivity index (χ2n) is 6.20. The van der Waals surface area contributed by atoms with E-state index >= 15 is 0 Å². The van der Waals surface area contributed by atoms with E-state index in [1.54, 1.807) is 23.6 Å². The van der Waals surface area contributed by atoms with Crippen molar-refractivity contribution in [1.82, 2.24) is 0 Å². The Hall–Kier alpha value is -1.50. The van der Waals surface area contributed by atoms with Crippen LogP contribution in [0.4, 0.5) is 11.4 Å². The van der Waals surface area contributed by atoms with Crippen LogP contribution in [0.5, 0.6) is 0 Å². The van der Waals surface area contributed by atoms with Gasteiger partial charge in [-0.1, -0.05) is 36.9 Å². The van der Waals surface area contributed by atoms with Crippen LogP contribution in [-0.2, 0) is 10.1 Å². The molecule has 0 saturated heterocycles. The lowest BCUT2D eigenvalue weighted by Crippen LogP contribution is -2.39. The van der Waals surface area contributed by atoms with Crippen molar-refractivity contribution in [2.75, 3.05) is 4.90 Å². The van der Waals surface area contributed by atoms with Crippen LogP contribution < -0.4 is 4.90 Å². The topological polar surface area (TPSA) is 57.6 Å². The van der Waals surface area contributed by atoms with E-state index in [0.29, 0.717) is 6.42 Å². The van der Waals surface area contributed by atoms with Crippen LogP contribution in [0.3, 0.4) is 0 Å². The minimum Gasteiger partial charge on any atom is -0.319 e. The van der Waals surface area contributed by atoms with Gasteiger partial charge in [0.2, 0.25) is 0 Å². The normalized spacial score (nSPS) is 15.0. The first-order valence-electron chi connectivity index (χ1n) is 7.88. The Balaban J connectivity index is 2.34. The molecule has 0 radical (unpaired) electrons. The molecule has 0 spiro atoms. The van der Waals surface area contributed by atoms with Gasteiger partial charge in [0.05, 0.1) is 11.4 Å². The Bertz CT molecular complexity index is 907. The van der Waals surface area contributed by atoms with Gasteiger partial charge in [-0.05, 0) is 56.0 Å². The van der Waals surface area contributed by atoms with Crippen molar-refractivity contribution in [2.24, 2.45) is 0 Å². The molecule has 0 bridgehead atoms. The van der Waals surface area contributed by atoms with Gasteiger partial charge in [0.15, 0.2) is 5.37 Å². The average molecular weight is 364 g/mol. The molecule has 3 rings (SSSR count). The summed E-state index contributed by atoms with van der Waals surface area (Å²) in [4.78, 5) is 3.85. The van der Waals surface area contributed by atoms with E-state index in [0.717, 1.165) is 37.9 Å². The van der Waals surface area contributed by atoms with E-state index in [1.807, 2.05) is 45.0 Å². The van der Waals surface area contributed by atoms with Crippen molar-refractivity contribution in [1.29, 1.82) is 0 Å². The average Bonchev–Trinajstić information content (AvgIpc) is 2.46. The van der Waals surface area contributed by atoms with Crippen LogP contribution in [-0.4, -0.2) is 18.3 Å². The predicted molar refractivity (Wildman–Crippen MR) is 99.0 cm³/mol. The van der Waals surface area contributed by atoms with E-state index in [9.17, 15) is 13.0 Å². The molecule has 24 heavy (non-hydrogen) atoms. The maximum absolute atomic E-state index is 12.1. The lowest BCUT2D eigenvalue weighted by molar-refractivity contribution is 0.464. The lowest BCUT2D eigenvalue weighted by Gasteiger charge is -2.38. The third-order valence-electron chi connectivity index (χ3n) is 4.29. The summed E-state index contributed by atoms with van der Waals surface area (Å²) in [5, 5.41) is -1.00. The quantitative estimate of drug-likeness (QED) is 0.791. The molecule has 1 aliphatic heterocycles. The molecule has 0 amide bonds. The summed E-state index contributed by atoms with van der Waals surface area (Å²) in [7, 11) is -4.22. The molecular weight excluding hydrogens is 342 g/mol. The predicted octanol–water partition coefficient (Wildman–Crippen LogP) is 4.84. The van der Waals surface area contributed by atoms with Crippen LogP contribution in [0.1, 0.15) is 30.0 Å². The van der Waals surface area contributed by atoms with Crippen LogP contribution in [0.15, 0.2) is 40.1 Å². The highest BCUT2D eigenvalue weighted by atomic mass is 32.2. The summed E-state index contributed by atoms with van der Waals surface area (Å²) in [6.45, 7) is 7.81. The molecule has 1 atom stereocenters. The highest BCUT2D eigenvalue weighted by Gasteiger charge is 2.36. The minimum atomic E-state index is -4.22. The zero-order chi connectivity index (χ0) is 17.6. The van der Waals surface area contributed by atoms with Gasteiger partial charge in [0, 0.05) is 9.79 Å². The van der Waals surface area contributed by atoms with Gasteiger partial charge in [-0.15, -0.1) is 0 Å². The Morgan fingerprint density at radius 2 is 1.88 bits per heavy atom. The van der Waals surface area contributed by atoms with Crippen LogP contribution in [0, 0.1) is 20.8 Å². The van der Waals surface area contributed by atoms with E-state index in [2.05, 4.69) is 6.07 Å². The summed E-state index contributed by atoms with van der Waals surface area (Å²) in [6.07, 6.45) is 0.295. The molecule has 0 aromatic heterocycles. The smallest absolute Gasteiger partial charge is 0.286 e. The number of anilines is 2. The SMILES string of the molecule is CCC(N1c2cccc(C)c2Sc2cc(C)cc(C)c21)S(=O)(=O)O. The van der Waals surface area contributed by atoms with E-state index in [-0.39, 0.29) is 0 Å². The fourth-order valence-corrected chi connectivity index (χ4v) is 5.55. The summed E-state index contributed by atoms with van der Waals surface area (Å²) < 4.78 is 33.9. The summed E-state index contributed by atoms with van der Waals surface area (Å²) in [5.41, 5.74) is 4.94. The minimum absolute atomic E-state index is 0.295. The maximum Gasteiger partial charge on any atom is 0.286 e. The molecule has 6 heteroatoms. The first-order chi connectivity index (χ1) is 11.2. The van der Waals surface area contributed by atoms with Gasteiger partial charge in [0.1, 0.15) is 0 Å². The molecule has 0 fully saturated rings. The Morgan fingerprint density at radius 3 is 2.50 bits per heavy atom. The summed E-state index contributed by atoms with van der Waals surface area (Å²) in [6, 6.07) is 9.99. The van der Waals surface area contributed by atoms with Crippen molar-refractivity contribution in [2.45, 2.75) is 49.3 Å². The van der Waals surface area contributed by atoms with E-state index in [4.69, 9.17) is 0 Å². The molecule has 2 aromatic rings. The van der Waals surface area contributed by atoms with E-state index < -0.39 is 15.5 Å². The third-order valence-corrected chi connectivity index (χ3v) is 6.79. The van der Waals surface area contributed by atoms with Crippen molar-refractivity contribution < 1.29 is 13.0 Å². The van der Waals surface area contributed by atoms with Crippen LogP contribution in [0.25, 0.3) is 0 Å². The number of hydrogen-bond acceptors (Lipinski definition) is 4. The second-order valence-corrected chi connectivity index (χ2v) is 8.83. The van der Waals surface area contributed by atoms with Crippen molar-refractivity contribution in [3.63, 3.8) is 0 Å². The standard InChI is InChI=1S/C18H21NO3S2/c1-5-16(24(20,21)22)19-14-8-6-7-12(3)18(14)23-15-10-11(2)9-13(4)17(15)19/h6-10,16H,5H2,1-4H3,(H,20,21,22). The van der Waals surface area contributed by atoms with Crippen molar-refractivity contribution >= 4 is 33.3 Å². The van der Waals surface area contributed by atoms with Gasteiger partial charge in [-0.3, -0.25) is 4.55 Å². The Morgan fingerprint density at radius 1 is 1.17 bits per heavy atom. The van der Waals surface area contributed by atoms with Crippen LogP contribution in [0.2, 0.25) is 0 Å². The van der Waals surface area contributed by atoms with Gasteiger partial charge in [-0.25, -0.2) is 0 Å². The van der Waals surface area contributed by atoms with Gasteiger partial charge >= 0.3 is 0 Å². The molecule has 1 N–H and O–H groups in total.